The van der Waals surface area contributed by atoms with Crippen LogP contribution in [0.1, 0.15) is 47.4 Å². The number of nitrogens with zero attached hydrogens (tertiary/aromatic N) is 4. The molecule has 6 nitrogen and oxygen atoms in total. The number of carbonyl (C=O) groups is 1. The van der Waals surface area contributed by atoms with Crippen molar-refractivity contribution in [3.63, 3.8) is 0 Å². The molecule has 1 saturated heterocycles. The third-order valence-electron chi connectivity index (χ3n) is 6.89. The lowest BCUT2D eigenvalue weighted by atomic mass is 9.84. The second kappa shape index (κ2) is 9.33. The lowest BCUT2D eigenvalue weighted by Crippen LogP contribution is -2.50. The summed E-state index contributed by atoms with van der Waals surface area (Å²) in [5.74, 6) is 1.00. The number of benzene rings is 1. The summed E-state index contributed by atoms with van der Waals surface area (Å²) < 4.78 is 7.39. The van der Waals surface area contributed by atoms with Gasteiger partial charge in [0.15, 0.2) is 5.76 Å². The number of hydrogen-bond acceptors (Lipinski definition) is 4. The van der Waals surface area contributed by atoms with E-state index in [0.29, 0.717) is 17.7 Å². The molecule has 1 amide bonds. The Kier molecular flexibility index (Phi) is 6.12. The zero-order chi connectivity index (χ0) is 21.9. The largest absolute Gasteiger partial charge is 0.459 e. The average Bonchev–Trinajstić information content (AvgIpc) is 3.31. The van der Waals surface area contributed by atoms with E-state index in [9.17, 15) is 4.79 Å². The lowest BCUT2D eigenvalue weighted by Gasteiger charge is -2.41. The highest BCUT2D eigenvalue weighted by Crippen LogP contribution is 2.36. The molecule has 3 aromatic rings. The Bertz CT molecular complexity index is 1000. The quantitative estimate of drug-likeness (QED) is 0.537. The van der Waals surface area contributed by atoms with E-state index in [0.717, 1.165) is 51.7 Å². The molecule has 168 valence electrons. The van der Waals surface area contributed by atoms with Crippen LogP contribution in [0.2, 0.25) is 0 Å². The Balaban J connectivity index is 1.33. The van der Waals surface area contributed by atoms with E-state index in [2.05, 4.69) is 51.4 Å². The number of hydrogen-bond donors (Lipinski definition) is 0. The van der Waals surface area contributed by atoms with Crippen molar-refractivity contribution in [2.24, 2.45) is 13.0 Å². The minimum Gasteiger partial charge on any atom is -0.459 e. The van der Waals surface area contributed by atoms with Gasteiger partial charge in [0.05, 0.1) is 12.5 Å². The Hall–Kier alpha value is -2.86. The molecule has 2 fully saturated rings. The maximum Gasteiger partial charge on any atom is 0.290 e. The molecule has 0 radical (unpaired) electrons. The van der Waals surface area contributed by atoms with Crippen molar-refractivity contribution in [1.82, 2.24) is 19.6 Å². The van der Waals surface area contributed by atoms with Crippen molar-refractivity contribution >= 4 is 5.91 Å². The smallest absolute Gasteiger partial charge is 0.290 e. The molecule has 1 atom stereocenters. The van der Waals surface area contributed by atoms with E-state index in [4.69, 9.17) is 4.42 Å². The van der Waals surface area contributed by atoms with E-state index in [1.165, 1.54) is 11.1 Å². The highest BCUT2D eigenvalue weighted by molar-refractivity contribution is 5.92. The van der Waals surface area contributed by atoms with Gasteiger partial charge in [0, 0.05) is 37.4 Å². The van der Waals surface area contributed by atoms with Crippen molar-refractivity contribution in [2.45, 2.75) is 50.7 Å². The summed E-state index contributed by atoms with van der Waals surface area (Å²) in [4.78, 5) is 18.2. The van der Waals surface area contributed by atoms with Crippen molar-refractivity contribution in [3.05, 3.63) is 78.0 Å². The third-order valence-corrected chi connectivity index (χ3v) is 6.89. The molecule has 0 N–H and O–H groups in total. The summed E-state index contributed by atoms with van der Waals surface area (Å²) in [6, 6.07) is 14.8. The zero-order valence-corrected chi connectivity index (χ0v) is 18.8. The van der Waals surface area contributed by atoms with Crippen LogP contribution in [0.5, 0.6) is 0 Å². The topological polar surface area (TPSA) is 54.5 Å². The van der Waals surface area contributed by atoms with Gasteiger partial charge in [-0.05, 0) is 68.8 Å². The number of aromatic nitrogens is 2. The molecule has 2 aromatic heterocycles. The van der Waals surface area contributed by atoms with Crippen LogP contribution in [-0.2, 0) is 20.0 Å². The molecule has 32 heavy (non-hydrogen) atoms. The molecule has 1 aromatic carbocycles. The monoisotopic (exact) mass is 432 g/mol. The predicted octanol–water partition coefficient (Wildman–Crippen LogP) is 4.14. The maximum atomic E-state index is 13.5. The Morgan fingerprint density at radius 2 is 1.88 bits per heavy atom. The summed E-state index contributed by atoms with van der Waals surface area (Å²) >= 11 is 0. The summed E-state index contributed by atoms with van der Waals surface area (Å²) in [6.07, 6.45) is 11.0. The van der Waals surface area contributed by atoms with E-state index < -0.39 is 0 Å². The number of amides is 1. The van der Waals surface area contributed by atoms with Crippen LogP contribution in [-0.4, -0.2) is 50.7 Å². The molecule has 0 bridgehead atoms. The molecule has 5 rings (SSSR count). The fraction of sp³-hybridized carbons (Fsp3) is 0.462. The maximum absolute atomic E-state index is 13.5. The lowest BCUT2D eigenvalue weighted by molar-refractivity contribution is 0.0454. The van der Waals surface area contributed by atoms with E-state index in [1.54, 1.807) is 18.4 Å². The van der Waals surface area contributed by atoms with Gasteiger partial charge >= 0.3 is 0 Å². The first-order valence-electron chi connectivity index (χ1n) is 11.8. The molecule has 6 heteroatoms. The van der Waals surface area contributed by atoms with Gasteiger partial charge in [-0.3, -0.25) is 14.4 Å². The number of carbonyl (C=O) groups excluding carboxylic acids is 1. The fourth-order valence-electron chi connectivity index (χ4n) is 5.12. The number of rotatable bonds is 8. The van der Waals surface area contributed by atoms with E-state index in [-0.39, 0.29) is 11.9 Å². The van der Waals surface area contributed by atoms with Crippen molar-refractivity contribution < 1.29 is 9.21 Å². The standard InChI is InChI=1S/C26H32N4O2/c1-28-18-21(17-27-28)19-29-13-11-22(12-14-29)24(16-20-6-3-2-4-7-20)30(23-9-10-23)26(31)25-8-5-15-32-25/h2-8,15,17-18,22-24H,9-14,16,19H2,1H3. The van der Waals surface area contributed by atoms with Crippen LogP contribution >= 0.6 is 0 Å². The van der Waals surface area contributed by atoms with Gasteiger partial charge in [-0.1, -0.05) is 30.3 Å². The van der Waals surface area contributed by atoms with Gasteiger partial charge in [-0.25, -0.2) is 0 Å². The van der Waals surface area contributed by atoms with Crippen LogP contribution in [0.25, 0.3) is 0 Å². The summed E-state index contributed by atoms with van der Waals surface area (Å²) in [7, 11) is 1.96. The number of aryl methyl sites for hydroxylation is 1. The molecule has 0 spiro atoms. The van der Waals surface area contributed by atoms with Crippen LogP contribution in [0.3, 0.4) is 0 Å². The average molecular weight is 433 g/mol. The van der Waals surface area contributed by atoms with Gasteiger partial charge < -0.3 is 9.32 Å². The minimum atomic E-state index is 0.0521. The van der Waals surface area contributed by atoms with E-state index in [1.807, 2.05) is 17.9 Å². The molecular weight excluding hydrogens is 400 g/mol. The van der Waals surface area contributed by atoms with Crippen molar-refractivity contribution in [3.8, 4) is 0 Å². The number of likely N-dealkylation sites (tertiary alicyclic amines) is 1. The second-order valence-corrected chi connectivity index (χ2v) is 9.31. The Labute approximate surface area is 189 Å². The first kappa shape index (κ1) is 21.0. The van der Waals surface area contributed by atoms with E-state index >= 15 is 0 Å². The van der Waals surface area contributed by atoms with Crippen molar-refractivity contribution in [1.29, 1.82) is 0 Å². The molecule has 1 unspecified atom stereocenters. The van der Waals surface area contributed by atoms with Gasteiger partial charge in [0.25, 0.3) is 5.91 Å². The van der Waals surface area contributed by atoms with Crippen LogP contribution < -0.4 is 0 Å². The first-order chi connectivity index (χ1) is 15.7. The highest BCUT2D eigenvalue weighted by Gasteiger charge is 2.42. The normalized spacial score (nSPS) is 18.5. The van der Waals surface area contributed by atoms with Gasteiger partial charge in [-0.2, -0.15) is 5.10 Å². The van der Waals surface area contributed by atoms with Gasteiger partial charge in [0.2, 0.25) is 0 Å². The summed E-state index contributed by atoms with van der Waals surface area (Å²) in [5.41, 5.74) is 2.56. The Morgan fingerprint density at radius 1 is 1.09 bits per heavy atom. The molecular formula is C26H32N4O2. The summed E-state index contributed by atoms with van der Waals surface area (Å²) in [6.45, 7) is 3.05. The number of piperidine rings is 1. The van der Waals surface area contributed by atoms with Crippen LogP contribution in [0.4, 0.5) is 0 Å². The first-order valence-corrected chi connectivity index (χ1v) is 11.8. The second-order valence-electron chi connectivity index (χ2n) is 9.31. The summed E-state index contributed by atoms with van der Waals surface area (Å²) in [5, 5.41) is 4.30. The van der Waals surface area contributed by atoms with Gasteiger partial charge in [0.1, 0.15) is 0 Å². The molecule has 1 aliphatic carbocycles. The molecule has 1 saturated carbocycles. The van der Waals surface area contributed by atoms with Crippen LogP contribution in [0, 0.1) is 5.92 Å². The predicted molar refractivity (Wildman–Crippen MR) is 123 cm³/mol. The Morgan fingerprint density at radius 3 is 2.50 bits per heavy atom. The number of furan rings is 1. The van der Waals surface area contributed by atoms with Crippen LogP contribution in [0.15, 0.2) is 65.5 Å². The molecule has 3 heterocycles. The SMILES string of the molecule is Cn1cc(CN2CCC(C(Cc3ccccc3)N(C(=O)c3ccco3)C3CC3)CC2)cn1. The fourth-order valence-corrected chi connectivity index (χ4v) is 5.12. The molecule has 2 aliphatic rings. The zero-order valence-electron chi connectivity index (χ0n) is 18.8. The minimum absolute atomic E-state index is 0.0521. The third kappa shape index (κ3) is 4.80. The van der Waals surface area contributed by atoms with Crippen molar-refractivity contribution in [2.75, 3.05) is 13.1 Å². The highest BCUT2D eigenvalue weighted by atomic mass is 16.3. The van der Waals surface area contributed by atoms with Gasteiger partial charge in [-0.15, -0.1) is 0 Å². The molecule has 1 aliphatic heterocycles.